The van der Waals surface area contributed by atoms with Crippen molar-refractivity contribution in [1.29, 1.82) is 0 Å². The van der Waals surface area contributed by atoms with Crippen molar-refractivity contribution in [2.75, 3.05) is 0 Å². The van der Waals surface area contributed by atoms with Crippen LogP contribution in [0.4, 0.5) is 13.2 Å². The van der Waals surface area contributed by atoms with Crippen molar-refractivity contribution >= 4 is 10.9 Å². The Labute approximate surface area is 99.6 Å². The number of hydrogen-bond donors (Lipinski definition) is 2. The average molecular weight is 251 g/mol. The number of halogens is 3. The fourth-order valence-electron chi connectivity index (χ4n) is 1.95. The molecule has 2 N–H and O–H groups in total. The highest BCUT2D eigenvalue weighted by atomic mass is 19.4. The zero-order chi connectivity index (χ0) is 12.8. The SMILES string of the molecule is FC(F)(F)c1cccc2[nH]c(-c3cc[nH]n3)cc12. The summed E-state index contributed by atoms with van der Waals surface area (Å²) >= 11 is 0. The van der Waals surface area contributed by atoms with E-state index in [4.69, 9.17) is 0 Å². The van der Waals surface area contributed by atoms with Crippen LogP contribution in [0.15, 0.2) is 36.5 Å². The minimum Gasteiger partial charge on any atom is -0.353 e. The van der Waals surface area contributed by atoms with Gasteiger partial charge in [0.05, 0.1) is 11.3 Å². The molecule has 0 radical (unpaired) electrons. The molecule has 0 unspecified atom stereocenters. The summed E-state index contributed by atoms with van der Waals surface area (Å²) < 4.78 is 38.5. The highest BCUT2D eigenvalue weighted by molar-refractivity contribution is 5.88. The van der Waals surface area contributed by atoms with Crippen molar-refractivity contribution in [3.8, 4) is 11.4 Å². The van der Waals surface area contributed by atoms with E-state index in [0.717, 1.165) is 6.07 Å². The average Bonchev–Trinajstić information content (AvgIpc) is 2.95. The summed E-state index contributed by atoms with van der Waals surface area (Å²) in [4.78, 5) is 2.93. The van der Waals surface area contributed by atoms with Gasteiger partial charge in [0.15, 0.2) is 0 Å². The Morgan fingerprint density at radius 3 is 2.61 bits per heavy atom. The molecular formula is C12H8F3N3. The number of benzene rings is 1. The third kappa shape index (κ3) is 1.66. The number of hydrogen-bond acceptors (Lipinski definition) is 1. The van der Waals surface area contributed by atoms with Crippen LogP contribution in [-0.2, 0) is 6.18 Å². The van der Waals surface area contributed by atoms with Gasteiger partial charge in [0, 0.05) is 17.1 Å². The van der Waals surface area contributed by atoms with Crippen molar-refractivity contribution in [1.82, 2.24) is 15.2 Å². The van der Waals surface area contributed by atoms with Crippen molar-refractivity contribution in [3.63, 3.8) is 0 Å². The van der Waals surface area contributed by atoms with Crippen molar-refractivity contribution in [2.45, 2.75) is 6.18 Å². The van der Waals surface area contributed by atoms with E-state index in [9.17, 15) is 13.2 Å². The molecule has 1 aromatic carbocycles. The molecule has 3 aromatic rings. The van der Waals surface area contributed by atoms with Gasteiger partial charge in [-0.25, -0.2) is 0 Å². The number of aromatic nitrogens is 3. The predicted octanol–water partition coefficient (Wildman–Crippen LogP) is 3.58. The van der Waals surface area contributed by atoms with Gasteiger partial charge in [-0.2, -0.15) is 18.3 Å². The molecule has 6 heteroatoms. The number of nitrogens with zero attached hydrogens (tertiary/aromatic N) is 1. The number of nitrogens with one attached hydrogen (secondary N) is 2. The molecule has 3 rings (SSSR count). The lowest BCUT2D eigenvalue weighted by molar-refractivity contribution is -0.136. The van der Waals surface area contributed by atoms with Crippen LogP contribution in [0.5, 0.6) is 0 Å². The van der Waals surface area contributed by atoms with Crippen LogP contribution in [0.3, 0.4) is 0 Å². The number of rotatable bonds is 1. The maximum atomic E-state index is 12.8. The monoisotopic (exact) mass is 251 g/mol. The number of fused-ring (bicyclic) bond motifs is 1. The first-order valence-corrected chi connectivity index (χ1v) is 5.25. The summed E-state index contributed by atoms with van der Waals surface area (Å²) in [6, 6.07) is 7.23. The van der Waals surface area contributed by atoms with Gasteiger partial charge in [-0.1, -0.05) is 6.07 Å². The number of H-pyrrole nitrogens is 2. The van der Waals surface area contributed by atoms with Crippen LogP contribution in [0.1, 0.15) is 5.56 Å². The molecule has 0 spiro atoms. The topological polar surface area (TPSA) is 44.5 Å². The quantitative estimate of drug-likeness (QED) is 0.682. The minimum absolute atomic E-state index is 0.156. The molecule has 0 saturated heterocycles. The first-order chi connectivity index (χ1) is 8.55. The van der Waals surface area contributed by atoms with Crippen LogP contribution in [0, 0.1) is 0 Å². The molecule has 0 aliphatic heterocycles. The third-order valence-corrected chi connectivity index (χ3v) is 2.75. The van der Waals surface area contributed by atoms with E-state index < -0.39 is 11.7 Å². The second kappa shape index (κ2) is 3.63. The number of alkyl halides is 3. The van der Waals surface area contributed by atoms with Crippen molar-refractivity contribution in [3.05, 3.63) is 42.1 Å². The van der Waals surface area contributed by atoms with E-state index in [-0.39, 0.29) is 5.39 Å². The van der Waals surface area contributed by atoms with Gasteiger partial charge >= 0.3 is 6.18 Å². The lowest BCUT2D eigenvalue weighted by Crippen LogP contribution is -2.04. The van der Waals surface area contributed by atoms with Gasteiger partial charge in [0.1, 0.15) is 5.69 Å². The largest absolute Gasteiger partial charge is 0.417 e. The first kappa shape index (κ1) is 10.9. The molecule has 92 valence electrons. The minimum atomic E-state index is -4.36. The fraction of sp³-hybridized carbons (Fsp3) is 0.0833. The Bertz CT molecular complexity index is 680. The van der Waals surface area contributed by atoms with Gasteiger partial charge in [-0.05, 0) is 24.3 Å². The van der Waals surface area contributed by atoms with Gasteiger partial charge in [-0.15, -0.1) is 0 Å². The van der Waals surface area contributed by atoms with E-state index in [1.807, 2.05) is 0 Å². The molecule has 0 aliphatic carbocycles. The zero-order valence-electron chi connectivity index (χ0n) is 9.05. The fourth-order valence-corrected chi connectivity index (χ4v) is 1.95. The van der Waals surface area contributed by atoms with Gasteiger partial charge < -0.3 is 4.98 Å². The summed E-state index contributed by atoms with van der Waals surface area (Å²) in [6.07, 6.45) is -2.74. The standard InChI is InChI=1S/C12H8F3N3/c13-12(14,15)8-2-1-3-9-7(8)6-11(17-9)10-4-5-16-18-10/h1-6,17H,(H,16,18). The lowest BCUT2D eigenvalue weighted by Gasteiger charge is -2.06. The van der Waals surface area contributed by atoms with Gasteiger partial charge in [0.25, 0.3) is 0 Å². The van der Waals surface area contributed by atoms with Gasteiger partial charge in [0.2, 0.25) is 0 Å². The van der Waals surface area contributed by atoms with E-state index in [2.05, 4.69) is 15.2 Å². The van der Waals surface area contributed by atoms with Crippen LogP contribution < -0.4 is 0 Å². The summed E-state index contributed by atoms with van der Waals surface area (Å²) in [5.74, 6) is 0. The zero-order valence-corrected chi connectivity index (χ0v) is 9.05. The maximum absolute atomic E-state index is 12.8. The van der Waals surface area contributed by atoms with Crippen LogP contribution >= 0.6 is 0 Å². The predicted molar refractivity (Wildman–Crippen MR) is 60.9 cm³/mol. The Kier molecular flexibility index (Phi) is 2.19. The first-order valence-electron chi connectivity index (χ1n) is 5.25. The Morgan fingerprint density at radius 2 is 1.94 bits per heavy atom. The molecule has 2 heterocycles. The van der Waals surface area contributed by atoms with E-state index in [1.54, 1.807) is 18.3 Å². The molecule has 0 saturated carbocycles. The Morgan fingerprint density at radius 1 is 1.11 bits per heavy atom. The highest BCUT2D eigenvalue weighted by Crippen LogP contribution is 2.36. The third-order valence-electron chi connectivity index (χ3n) is 2.75. The van der Waals surface area contributed by atoms with Crippen molar-refractivity contribution in [2.24, 2.45) is 0 Å². The summed E-state index contributed by atoms with van der Waals surface area (Å²) in [6.45, 7) is 0. The molecule has 0 amide bonds. The van der Waals surface area contributed by atoms with Gasteiger partial charge in [-0.3, -0.25) is 5.10 Å². The molecular weight excluding hydrogens is 243 g/mol. The van der Waals surface area contributed by atoms with Crippen LogP contribution in [0.25, 0.3) is 22.3 Å². The van der Waals surface area contributed by atoms with Crippen LogP contribution in [-0.4, -0.2) is 15.2 Å². The Hall–Kier alpha value is -2.24. The molecule has 0 aliphatic rings. The van der Waals surface area contributed by atoms with Crippen LogP contribution in [0.2, 0.25) is 0 Å². The normalized spacial score (nSPS) is 12.2. The van der Waals surface area contributed by atoms with E-state index >= 15 is 0 Å². The molecule has 0 bridgehead atoms. The highest BCUT2D eigenvalue weighted by Gasteiger charge is 2.32. The van der Waals surface area contributed by atoms with E-state index in [0.29, 0.717) is 16.9 Å². The second-order valence-electron chi connectivity index (χ2n) is 3.91. The number of aromatic amines is 2. The smallest absolute Gasteiger partial charge is 0.353 e. The molecule has 3 nitrogen and oxygen atoms in total. The van der Waals surface area contributed by atoms with Crippen molar-refractivity contribution < 1.29 is 13.2 Å². The van der Waals surface area contributed by atoms with E-state index in [1.165, 1.54) is 12.1 Å². The Balaban J connectivity index is 2.24. The lowest BCUT2D eigenvalue weighted by atomic mass is 10.1. The molecule has 18 heavy (non-hydrogen) atoms. The summed E-state index contributed by atoms with van der Waals surface area (Å²) in [7, 11) is 0. The maximum Gasteiger partial charge on any atom is 0.417 e. The molecule has 2 aromatic heterocycles. The summed E-state index contributed by atoms with van der Waals surface area (Å²) in [5, 5.41) is 6.72. The molecule has 0 fully saturated rings. The summed E-state index contributed by atoms with van der Waals surface area (Å²) in [5.41, 5.74) is 0.947. The molecule has 0 atom stereocenters. The second-order valence-corrected chi connectivity index (χ2v) is 3.91.